The minimum absolute atomic E-state index is 0.242. The van der Waals surface area contributed by atoms with Gasteiger partial charge in [0.15, 0.2) is 0 Å². The second kappa shape index (κ2) is 6.97. The van der Waals surface area contributed by atoms with E-state index in [2.05, 4.69) is 10.6 Å². The molecule has 2 N–H and O–H groups in total. The van der Waals surface area contributed by atoms with Crippen molar-refractivity contribution in [3.8, 4) is 0 Å². The molecule has 134 valence electrons. The second-order valence-electron chi connectivity index (χ2n) is 6.04. The van der Waals surface area contributed by atoms with Gasteiger partial charge in [0, 0.05) is 16.8 Å². The van der Waals surface area contributed by atoms with Crippen LogP contribution in [0.15, 0.2) is 36.4 Å². The van der Waals surface area contributed by atoms with E-state index in [0.717, 1.165) is 0 Å². The number of benzene rings is 2. The molecule has 3 rings (SSSR count). The molecule has 0 unspecified atom stereocenters. The number of fused-ring (bicyclic) bond motifs is 1. The van der Waals surface area contributed by atoms with Gasteiger partial charge in [-0.05, 0) is 50.2 Å². The van der Waals surface area contributed by atoms with Gasteiger partial charge in [0.05, 0.1) is 21.8 Å². The minimum Gasteiger partial charge on any atom is -0.308 e. The number of anilines is 2. The van der Waals surface area contributed by atoms with Gasteiger partial charge >= 0.3 is 6.03 Å². The molecular formula is C18H15Cl2N3O3. The first kappa shape index (κ1) is 18.2. The third kappa shape index (κ3) is 3.38. The number of amides is 4. The number of nitrogens with zero attached hydrogens (tertiary/aromatic N) is 1. The number of carbonyl (C=O) groups is 3. The molecule has 0 atom stereocenters. The fourth-order valence-electron chi connectivity index (χ4n) is 2.68. The molecule has 0 fully saturated rings. The molecule has 0 saturated heterocycles. The predicted molar refractivity (Wildman–Crippen MR) is 101 cm³/mol. The van der Waals surface area contributed by atoms with Crippen LogP contribution in [0.3, 0.4) is 0 Å². The van der Waals surface area contributed by atoms with Crippen LogP contribution in [0.25, 0.3) is 0 Å². The van der Waals surface area contributed by atoms with E-state index in [-0.39, 0.29) is 23.4 Å². The normalized spacial score (nSPS) is 13.2. The lowest BCUT2D eigenvalue weighted by Crippen LogP contribution is -2.35. The molecule has 0 aliphatic carbocycles. The molecule has 6 nitrogen and oxygen atoms in total. The fraction of sp³-hybridized carbons (Fsp3) is 0.167. The Morgan fingerprint density at radius 1 is 0.962 bits per heavy atom. The quantitative estimate of drug-likeness (QED) is 0.747. The Bertz CT molecular complexity index is 928. The van der Waals surface area contributed by atoms with E-state index in [0.29, 0.717) is 27.0 Å². The SMILES string of the molecule is CC(C)N1C(=O)c2ccc(NC(=O)Nc3ccc(Cl)cc3Cl)cc2C1=O. The van der Waals surface area contributed by atoms with Crippen molar-refractivity contribution in [2.45, 2.75) is 19.9 Å². The number of hydrogen-bond donors (Lipinski definition) is 2. The van der Waals surface area contributed by atoms with Crippen LogP contribution in [0.1, 0.15) is 34.6 Å². The number of carbonyl (C=O) groups excluding carboxylic acids is 3. The molecule has 1 heterocycles. The first-order valence-electron chi connectivity index (χ1n) is 7.83. The molecule has 1 aliphatic heterocycles. The molecule has 1 aliphatic rings. The first-order chi connectivity index (χ1) is 12.3. The fourth-order valence-corrected chi connectivity index (χ4v) is 3.14. The molecule has 4 amide bonds. The van der Waals surface area contributed by atoms with E-state index in [4.69, 9.17) is 23.2 Å². The molecule has 8 heteroatoms. The minimum atomic E-state index is -0.535. The van der Waals surface area contributed by atoms with E-state index in [1.54, 1.807) is 32.0 Å². The van der Waals surface area contributed by atoms with Crippen molar-refractivity contribution in [3.63, 3.8) is 0 Å². The summed E-state index contributed by atoms with van der Waals surface area (Å²) in [7, 11) is 0. The molecule has 0 saturated carbocycles. The van der Waals surface area contributed by atoms with Crippen LogP contribution in [0.4, 0.5) is 16.2 Å². The highest BCUT2D eigenvalue weighted by Gasteiger charge is 2.37. The molecule has 0 radical (unpaired) electrons. The molecule has 0 spiro atoms. The molecule has 26 heavy (non-hydrogen) atoms. The molecule has 0 aromatic heterocycles. The van der Waals surface area contributed by atoms with E-state index in [9.17, 15) is 14.4 Å². The Kier molecular flexibility index (Phi) is 4.89. The van der Waals surface area contributed by atoms with Crippen molar-refractivity contribution in [1.29, 1.82) is 0 Å². The third-order valence-corrected chi connectivity index (χ3v) is 4.42. The van der Waals surface area contributed by atoms with Crippen LogP contribution in [-0.4, -0.2) is 28.8 Å². The zero-order valence-corrected chi connectivity index (χ0v) is 15.5. The van der Waals surface area contributed by atoms with Crippen molar-refractivity contribution in [2.75, 3.05) is 10.6 Å². The van der Waals surface area contributed by atoms with Crippen molar-refractivity contribution in [3.05, 3.63) is 57.6 Å². The lowest BCUT2D eigenvalue weighted by atomic mass is 10.1. The van der Waals surface area contributed by atoms with Gasteiger partial charge in [-0.1, -0.05) is 23.2 Å². The van der Waals surface area contributed by atoms with Crippen LogP contribution in [-0.2, 0) is 0 Å². The number of nitrogens with one attached hydrogen (secondary N) is 2. The summed E-state index contributed by atoms with van der Waals surface area (Å²) in [6.45, 7) is 3.54. The van der Waals surface area contributed by atoms with Crippen molar-refractivity contribution < 1.29 is 14.4 Å². The predicted octanol–water partition coefficient (Wildman–Crippen LogP) is 4.64. The molecule has 2 aromatic rings. The molecule has 2 aromatic carbocycles. The number of rotatable bonds is 3. The highest BCUT2D eigenvalue weighted by molar-refractivity contribution is 6.36. The summed E-state index contributed by atoms with van der Waals surface area (Å²) in [5, 5.41) is 5.97. The van der Waals surface area contributed by atoms with Gasteiger partial charge in [-0.15, -0.1) is 0 Å². The Labute approximate surface area is 160 Å². The van der Waals surface area contributed by atoms with E-state index in [1.165, 1.54) is 23.1 Å². The Balaban J connectivity index is 1.77. The first-order valence-corrected chi connectivity index (χ1v) is 8.58. The van der Waals surface area contributed by atoms with Crippen LogP contribution >= 0.6 is 23.2 Å². The van der Waals surface area contributed by atoms with Gasteiger partial charge in [0.1, 0.15) is 0 Å². The zero-order valence-electron chi connectivity index (χ0n) is 14.0. The highest BCUT2D eigenvalue weighted by atomic mass is 35.5. The van der Waals surface area contributed by atoms with Gasteiger partial charge in [-0.25, -0.2) is 4.79 Å². The van der Waals surface area contributed by atoms with Gasteiger partial charge in [0.25, 0.3) is 11.8 Å². The summed E-state index contributed by atoms with van der Waals surface area (Å²) in [6.07, 6.45) is 0. The summed E-state index contributed by atoms with van der Waals surface area (Å²) >= 11 is 11.8. The Morgan fingerprint density at radius 3 is 2.31 bits per heavy atom. The summed E-state index contributed by atoms with van der Waals surface area (Å²) in [4.78, 5) is 38.0. The van der Waals surface area contributed by atoms with Crippen molar-refractivity contribution >= 4 is 52.4 Å². The second-order valence-corrected chi connectivity index (χ2v) is 6.88. The lowest BCUT2D eigenvalue weighted by Gasteiger charge is -2.17. The van der Waals surface area contributed by atoms with Crippen LogP contribution in [0, 0.1) is 0 Å². The van der Waals surface area contributed by atoms with E-state index >= 15 is 0 Å². The van der Waals surface area contributed by atoms with Gasteiger partial charge in [-0.3, -0.25) is 14.5 Å². The van der Waals surface area contributed by atoms with E-state index < -0.39 is 6.03 Å². The smallest absolute Gasteiger partial charge is 0.308 e. The maximum absolute atomic E-state index is 12.4. The lowest BCUT2D eigenvalue weighted by molar-refractivity contribution is 0.0609. The Morgan fingerprint density at radius 2 is 1.65 bits per heavy atom. The maximum Gasteiger partial charge on any atom is 0.323 e. The zero-order chi connectivity index (χ0) is 19.0. The van der Waals surface area contributed by atoms with Gasteiger partial charge < -0.3 is 10.6 Å². The van der Waals surface area contributed by atoms with Crippen LogP contribution in [0.2, 0.25) is 10.0 Å². The van der Waals surface area contributed by atoms with Crippen molar-refractivity contribution in [2.24, 2.45) is 0 Å². The Hall–Kier alpha value is -2.57. The monoisotopic (exact) mass is 391 g/mol. The number of urea groups is 1. The number of imide groups is 1. The average molecular weight is 392 g/mol. The summed E-state index contributed by atoms with van der Waals surface area (Å²) in [5.41, 5.74) is 1.38. The van der Waals surface area contributed by atoms with Gasteiger partial charge in [0.2, 0.25) is 0 Å². The summed E-state index contributed by atoms with van der Waals surface area (Å²) in [5.74, 6) is -0.700. The highest BCUT2D eigenvalue weighted by Crippen LogP contribution is 2.28. The van der Waals surface area contributed by atoms with E-state index in [1.807, 2.05) is 0 Å². The van der Waals surface area contributed by atoms with Gasteiger partial charge in [-0.2, -0.15) is 0 Å². The number of halogens is 2. The molecular weight excluding hydrogens is 377 g/mol. The standard InChI is InChI=1S/C18H15Cl2N3O3/c1-9(2)23-16(24)12-5-4-11(8-13(12)17(23)25)21-18(26)22-15-6-3-10(19)7-14(15)20/h3-9H,1-2H3,(H2,21,22,26). The third-order valence-electron chi connectivity index (χ3n) is 3.87. The van der Waals surface area contributed by atoms with Crippen LogP contribution in [0.5, 0.6) is 0 Å². The van der Waals surface area contributed by atoms with Crippen molar-refractivity contribution in [1.82, 2.24) is 4.90 Å². The maximum atomic E-state index is 12.4. The number of hydrogen-bond acceptors (Lipinski definition) is 3. The summed E-state index contributed by atoms with van der Waals surface area (Å²) in [6, 6.07) is 8.50. The summed E-state index contributed by atoms with van der Waals surface area (Å²) < 4.78 is 0. The largest absolute Gasteiger partial charge is 0.323 e. The average Bonchev–Trinajstić information content (AvgIpc) is 2.81. The topological polar surface area (TPSA) is 78.5 Å². The van der Waals surface area contributed by atoms with Crippen LogP contribution < -0.4 is 10.6 Å². The molecule has 0 bridgehead atoms.